The monoisotopic (exact) mass is 320 g/mol. The fraction of sp³-hybridized carbons (Fsp3) is 0.650. The smallest absolute Gasteiger partial charge is 0.306 e. The van der Waals surface area contributed by atoms with Crippen LogP contribution in [0.2, 0.25) is 0 Å². The van der Waals surface area contributed by atoms with Crippen LogP contribution in [0.5, 0.6) is 0 Å². The number of unbranched alkanes of at least 4 members (excludes halogenated alkanes) is 4. The first-order valence-corrected chi connectivity index (χ1v) is 9.11. The van der Waals surface area contributed by atoms with Crippen molar-refractivity contribution in [2.75, 3.05) is 0 Å². The third kappa shape index (κ3) is 10.1. The number of cyclic esters (lactones) is 1. The van der Waals surface area contributed by atoms with Crippen molar-refractivity contribution in [2.24, 2.45) is 0 Å². The van der Waals surface area contributed by atoms with Crippen LogP contribution in [0.4, 0.5) is 0 Å². The minimum absolute atomic E-state index is 0.212. The van der Waals surface area contributed by atoms with Crippen LogP contribution < -0.4 is 0 Å². The number of allylic oxidation sites excluding steroid dienone is 5. The van der Waals surface area contributed by atoms with Crippen LogP contribution in [0, 0.1) is 0 Å². The van der Waals surface area contributed by atoms with Crippen LogP contribution in [0.1, 0.15) is 71.1 Å². The Morgan fingerprint density at radius 3 is 2.74 bits per heavy atom. The number of rotatable bonds is 8. The average Bonchev–Trinajstić information content (AvgIpc) is 2.61. The predicted molar refractivity (Wildman–Crippen MR) is 95.2 cm³/mol. The Bertz CT molecular complexity index is 396. The van der Waals surface area contributed by atoms with Gasteiger partial charge < -0.3 is 9.84 Å². The van der Waals surface area contributed by atoms with Gasteiger partial charge in [0.05, 0.1) is 6.10 Å². The van der Waals surface area contributed by atoms with Gasteiger partial charge in [0, 0.05) is 6.42 Å². The summed E-state index contributed by atoms with van der Waals surface area (Å²) in [6.45, 7) is 2.22. The normalized spacial score (nSPS) is 24.0. The molecule has 0 aromatic carbocycles. The van der Waals surface area contributed by atoms with Crippen molar-refractivity contribution >= 4 is 5.97 Å². The maximum Gasteiger partial charge on any atom is 0.306 e. The van der Waals surface area contributed by atoms with Crippen LogP contribution in [0.3, 0.4) is 0 Å². The molecule has 1 aliphatic heterocycles. The third-order valence-electron chi connectivity index (χ3n) is 4.02. The molecule has 0 aromatic heterocycles. The molecule has 0 aliphatic carbocycles. The van der Waals surface area contributed by atoms with Crippen molar-refractivity contribution in [3.8, 4) is 0 Å². The molecule has 0 radical (unpaired) electrons. The van der Waals surface area contributed by atoms with E-state index < -0.39 is 12.2 Å². The lowest BCUT2D eigenvalue weighted by molar-refractivity contribution is -0.151. The highest BCUT2D eigenvalue weighted by Gasteiger charge is 2.21. The lowest BCUT2D eigenvalue weighted by atomic mass is 10.1. The van der Waals surface area contributed by atoms with Crippen LogP contribution in [-0.2, 0) is 9.53 Å². The van der Waals surface area contributed by atoms with Gasteiger partial charge in [-0.2, -0.15) is 0 Å². The van der Waals surface area contributed by atoms with Crippen LogP contribution in [0.25, 0.3) is 0 Å². The second-order valence-electron chi connectivity index (χ2n) is 6.17. The van der Waals surface area contributed by atoms with E-state index >= 15 is 0 Å². The fourth-order valence-electron chi connectivity index (χ4n) is 2.59. The molecular weight excluding hydrogens is 288 g/mol. The molecule has 2 atom stereocenters. The number of ether oxygens (including phenoxy) is 1. The number of hydrogen-bond acceptors (Lipinski definition) is 3. The minimum atomic E-state index is -0.601. The van der Waals surface area contributed by atoms with E-state index in [-0.39, 0.29) is 5.97 Å². The molecule has 0 aromatic rings. The molecule has 0 unspecified atom stereocenters. The van der Waals surface area contributed by atoms with Crippen molar-refractivity contribution in [1.82, 2.24) is 0 Å². The van der Waals surface area contributed by atoms with Crippen molar-refractivity contribution in [2.45, 2.75) is 83.3 Å². The first-order chi connectivity index (χ1) is 11.2. The van der Waals surface area contributed by atoms with E-state index in [2.05, 4.69) is 13.0 Å². The molecule has 23 heavy (non-hydrogen) atoms. The maximum absolute atomic E-state index is 11.6. The minimum Gasteiger partial charge on any atom is -0.455 e. The number of aliphatic hydroxyl groups excluding tert-OH is 1. The molecule has 0 amide bonds. The van der Waals surface area contributed by atoms with Crippen molar-refractivity contribution in [3.05, 3.63) is 36.5 Å². The highest BCUT2D eigenvalue weighted by Crippen LogP contribution is 2.16. The Kier molecular flexibility index (Phi) is 11.2. The van der Waals surface area contributed by atoms with Gasteiger partial charge in [-0.25, -0.2) is 0 Å². The summed E-state index contributed by atoms with van der Waals surface area (Å²) in [5, 5.41) is 10.1. The molecule has 130 valence electrons. The first kappa shape index (κ1) is 19.7. The van der Waals surface area contributed by atoms with Crippen LogP contribution in [0.15, 0.2) is 36.5 Å². The van der Waals surface area contributed by atoms with E-state index in [1.165, 1.54) is 25.7 Å². The molecule has 1 N–H and O–H groups in total. The molecule has 0 saturated carbocycles. The van der Waals surface area contributed by atoms with E-state index in [1.807, 2.05) is 24.3 Å². The van der Waals surface area contributed by atoms with Gasteiger partial charge in [-0.3, -0.25) is 4.79 Å². The molecular formula is C20H32O3. The Balaban J connectivity index is 2.33. The number of hydrogen-bond donors (Lipinski definition) is 1. The number of carbonyl (C=O) groups excluding carboxylic acids is 1. The zero-order chi connectivity index (χ0) is 16.8. The lowest BCUT2D eigenvalue weighted by Crippen LogP contribution is -2.28. The highest BCUT2D eigenvalue weighted by atomic mass is 16.6. The Morgan fingerprint density at radius 2 is 1.91 bits per heavy atom. The topological polar surface area (TPSA) is 46.5 Å². The Hall–Kier alpha value is -1.35. The van der Waals surface area contributed by atoms with E-state index in [0.29, 0.717) is 12.8 Å². The summed E-state index contributed by atoms with van der Waals surface area (Å²) in [5.41, 5.74) is 0. The van der Waals surface area contributed by atoms with Crippen LogP contribution in [-0.4, -0.2) is 23.3 Å². The summed E-state index contributed by atoms with van der Waals surface area (Å²) >= 11 is 0. The quantitative estimate of drug-likeness (QED) is 0.394. The average molecular weight is 320 g/mol. The largest absolute Gasteiger partial charge is 0.455 e. The van der Waals surface area contributed by atoms with Crippen LogP contribution >= 0.6 is 0 Å². The molecule has 0 bridgehead atoms. The van der Waals surface area contributed by atoms with Gasteiger partial charge in [0.2, 0.25) is 0 Å². The standard InChI is InChI=1S/C20H32O3/c1-2-3-4-5-6-7-8-9-10-13-16-19-18(21)15-12-11-14-17-20(22)23-19/h7-10,13,16,18-19,21H,2-6,11-12,14-15,17H2,1H3/b8-7-,10-9-,16-13+/t18-,19-/m1/s1. The molecule has 3 nitrogen and oxygen atoms in total. The second-order valence-corrected chi connectivity index (χ2v) is 6.17. The second kappa shape index (κ2) is 13.1. The zero-order valence-electron chi connectivity index (χ0n) is 14.5. The summed E-state index contributed by atoms with van der Waals surface area (Å²) < 4.78 is 5.34. The summed E-state index contributed by atoms with van der Waals surface area (Å²) in [5.74, 6) is -0.212. The van der Waals surface area contributed by atoms with Crippen molar-refractivity contribution in [1.29, 1.82) is 0 Å². The molecule has 1 aliphatic rings. The Morgan fingerprint density at radius 1 is 1.09 bits per heavy atom. The first-order valence-electron chi connectivity index (χ1n) is 9.11. The number of esters is 1. The van der Waals surface area contributed by atoms with E-state index in [0.717, 1.165) is 25.7 Å². The van der Waals surface area contributed by atoms with Gasteiger partial charge in [0.15, 0.2) is 0 Å². The van der Waals surface area contributed by atoms with Gasteiger partial charge in [-0.15, -0.1) is 0 Å². The van der Waals surface area contributed by atoms with Gasteiger partial charge in [0.1, 0.15) is 6.10 Å². The summed E-state index contributed by atoms with van der Waals surface area (Å²) in [4.78, 5) is 11.6. The predicted octanol–water partition coefficient (Wildman–Crippen LogP) is 4.86. The SMILES string of the molecule is CCCCCC\C=C/C=C\C=C\[C@H]1OC(=O)CCCCC[C@H]1O. The van der Waals surface area contributed by atoms with E-state index in [4.69, 9.17) is 4.74 Å². The molecule has 3 heteroatoms. The van der Waals surface area contributed by atoms with Gasteiger partial charge in [-0.1, -0.05) is 69.4 Å². The Labute approximate surface area is 141 Å². The third-order valence-corrected chi connectivity index (χ3v) is 4.02. The highest BCUT2D eigenvalue weighted by molar-refractivity contribution is 5.69. The molecule has 0 spiro atoms. The maximum atomic E-state index is 11.6. The number of aliphatic hydroxyl groups is 1. The summed E-state index contributed by atoms with van der Waals surface area (Å²) in [6, 6.07) is 0. The van der Waals surface area contributed by atoms with Crippen molar-refractivity contribution in [3.63, 3.8) is 0 Å². The molecule has 1 saturated heterocycles. The molecule has 1 fully saturated rings. The lowest BCUT2D eigenvalue weighted by Gasteiger charge is -2.18. The van der Waals surface area contributed by atoms with E-state index in [1.54, 1.807) is 6.08 Å². The van der Waals surface area contributed by atoms with Gasteiger partial charge in [-0.05, 0) is 31.8 Å². The zero-order valence-corrected chi connectivity index (χ0v) is 14.5. The van der Waals surface area contributed by atoms with Gasteiger partial charge in [0.25, 0.3) is 0 Å². The van der Waals surface area contributed by atoms with Crippen molar-refractivity contribution < 1.29 is 14.6 Å². The summed E-state index contributed by atoms with van der Waals surface area (Å²) in [7, 11) is 0. The fourth-order valence-corrected chi connectivity index (χ4v) is 2.59. The molecule has 1 heterocycles. The van der Waals surface area contributed by atoms with Gasteiger partial charge >= 0.3 is 5.97 Å². The van der Waals surface area contributed by atoms with E-state index in [9.17, 15) is 9.90 Å². The summed E-state index contributed by atoms with van der Waals surface area (Å²) in [6.07, 6.45) is 20.8. The molecule has 1 rings (SSSR count). The number of carbonyl (C=O) groups is 1.